The van der Waals surface area contributed by atoms with Crippen LogP contribution in [0.15, 0.2) is 29.2 Å². The van der Waals surface area contributed by atoms with Crippen LogP contribution in [0.4, 0.5) is 0 Å². The van der Waals surface area contributed by atoms with E-state index in [1.807, 2.05) is 27.7 Å². The fraction of sp³-hybridized carbons (Fsp3) is 0.600. The molecular formula is C15H25NO3S. The van der Waals surface area contributed by atoms with Crippen LogP contribution in [-0.4, -0.2) is 30.4 Å². The van der Waals surface area contributed by atoms with Crippen LogP contribution in [0.25, 0.3) is 0 Å². The normalized spacial score (nSPS) is 14.2. The Hall–Kier alpha value is -0.910. The maximum Gasteiger partial charge on any atom is 0.243 e. The Balaban J connectivity index is 3.22. The molecule has 4 nitrogen and oxygen atoms in total. The highest BCUT2D eigenvalue weighted by molar-refractivity contribution is 7.89. The quantitative estimate of drug-likeness (QED) is 0.878. The van der Waals surface area contributed by atoms with Gasteiger partial charge in [0, 0.05) is 12.6 Å². The zero-order valence-corrected chi connectivity index (χ0v) is 13.7. The molecule has 5 heteroatoms. The lowest BCUT2D eigenvalue weighted by Gasteiger charge is -2.27. The number of hydrogen-bond acceptors (Lipinski definition) is 3. The minimum atomic E-state index is -3.53. The van der Waals surface area contributed by atoms with Gasteiger partial charge in [0.2, 0.25) is 10.0 Å². The van der Waals surface area contributed by atoms with Crippen LogP contribution in [0.3, 0.4) is 0 Å². The summed E-state index contributed by atoms with van der Waals surface area (Å²) >= 11 is 0. The Bertz CT molecular complexity index is 536. The van der Waals surface area contributed by atoms with Gasteiger partial charge >= 0.3 is 0 Å². The Morgan fingerprint density at radius 1 is 1.15 bits per heavy atom. The molecule has 0 bridgehead atoms. The topological polar surface area (TPSA) is 57.6 Å². The average molecular weight is 299 g/mol. The molecule has 0 spiro atoms. The molecular weight excluding hydrogens is 274 g/mol. The van der Waals surface area contributed by atoms with Gasteiger partial charge < -0.3 is 5.11 Å². The van der Waals surface area contributed by atoms with Gasteiger partial charge in [0.05, 0.1) is 11.0 Å². The molecule has 0 aliphatic rings. The van der Waals surface area contributed by atoms with Crippen molar-refractivity contribution in [3.05, 3.63) is 29.8 Å². The number of aliphatic hydroxyl groups excluding tert-OH is 1. The molecule has 1 aromatic carbocycles. The minimum Gasteiger partial charge on any atom is -0.389 e. The third-order valence-corrected chi connectivity index (χ3v) is 5.11. The van der Waals surface area contributed by atoms with E-state index >= 15 is 0 Å². The summed E-state index contributed by atoms with van der Waals surface area (Å²) in [6.07, 6.45) is -0.678. The summed E-state index contributed by atoms with van der Waals surface area (Å²) in [6, 6.07) is 6.43. The second kappa shape index (κ2) is 6.70. The van der Waals surface area contributed by atoms with Crippen LogP contribution in [-0.2, 0) is 10.0 Å². The fourth-order valence-electron chi connectivity index (χ4n) is 2.02. The summed E-state index contributed by atoms with van der Waals surface area (Å²) < 4.78 is 27.0. The SMILES string of the molecule is CC(C)CN(C(C)C)S(=O)(=O)c1cccc(C(C)O)c1. The van der Waals surface area contributed by atoms with Crippen LogP contribution in [0.5, 0.6) is 0 Å². The predicted molar refractivity (Wildman–Crippen MR) is 80.9 cm³/mol. The van der Waals surface area contributed by atoms with E-state index in [0.717, 1.165) is 0 Å². The van der Waals surface area contributed by atoms with Crippen molar-refractivity contribution in [2.75, 3.05) is 6.54 Å². The lowest BCUT2D eigenvalue weighted by atomic mass is 10.1. The predicted octanol–water partition coefficient (Wildman–Crippen LogP) is 2.80. The van der Waals surface area contributed by atoms with Crippen molar-refractivity contribution in [2.24, 2.45) is 5.92 Å². The Morgan fingerprint density at radius 2 is 1.75 bits per heavy atom. The molecule has 1 aromatic rings. The van der Waals surface area contributed by atoms with E-state index in [4.69, 9.17) is 0 Å². The summed E-state index contributed by atoms with van der Waals surface area (Å²) in [5, 5.41) is 9.60. The molecule has 0 aromatic heterocycles. The van der Waals surface area contributed by atoms with Crippen molar-refractivity contribution in [2.45, 2.75) is 51.7 Å². The van der Waals surface area contributed by atoms with Crippen molar-refractivity contribution < 1.29 is 13.5 Å². The third kappa shape index (κ3) is 4.04. The van der Waals surface area contributed by atoms with Gasteiger partial charge in [-0.3, -0.25) is 0 Å². The first-order valence-corrected chi connectivity index (χ1v) is 8.40. The maximum absolute atomic E-state index is 12.7. The van der Waals surface area contributed by atoms with Gasteiger partial charge in [-0.25, -0.2) is 8.42 Å². The first kappa shape index (κ1) is 17.1. The van der Waals surface area contributed by atoms with Crippen LogP contribution >= 0.6 is 0 Å². The molecule has 1 atom stereocenters. The van der Waals surface area contributed by atoms with E-state index in [2.05, 4.69) is 0 Å². The van der Waals surface area contributed by atoms with Crippen LogP contribution in [0.1, 0.15) is 46.3 Å². The average Bonchev–Trinajstić information content (AvgIpc) is 2.35. The van der Waals surface area contributed by atoms with E-state index in [9.17, 15) is 13.5 Å². The number of benzene rings is 1. The first-order chi connectivity index (χ1) is 9.16. The highest BCUT2D eigenvalue weighted by Crippen LogP contribution is 2.23. The minimum absolute atomic E-state index is 0.0994. The van der Waals surface area contributed by atoms with Crippen LogP contribution in [0, 0.1) is 5.92 Å². The molecule has 1 unspecified atom stereocenters. The molecule has 0 saturated carbocycles. The van der Waals surface area contributed by atoms with Gasteiger partial charge in [0.15, 0.2) is 0 Å². The van der Waals surface area contributed by atoms with Crippen molar-refractivity contribution in [3.8, 4) is 0 Å². The molecule has 0 radical (unpaired) electrons. The third-order valence-electron chi connectivity index (χ3n) is 3.07. The summed E-state index contributed by atoms with van der Waals surface area (Å²) in [4.78, 5) is 0.241. The fourth-order valence-corrected chi connectivity index (χ4v) is 3.87. The summed E-state index contributed by atoms with van der Waals surface area (Å²) in [5.41, 5.74) is 0.610. The summed E-state index contributed by atoms with van der Waals surface area (Å²) in [6.45, 7) is 9.85. The number of rotatable bonds is 6. The number of nitrogens with zero attached hydrogens (tertiary/aromatic N) is 1. The van der Waals surface area contributed by atoms with Gasteiger partial charge in [-0.15, -0.1) is 0 Å². The largest absolute Gasteiger partial charge is 0.389 e. The Morgan fingerprint density at radius 3 is 2.20 bits per heavy atom. The van der Waals surface area contributed by atoms with E-state index in [0.29, 0.717) is 12.1 Å². The highest BCUT2D eigenvalue weighted by Gasteiger charge is 2.27. The number of aliphatic hydroxyl groups is 1. The van der Waals surface area contributed by atoms with Gasteiger partial charge in [-0.2, -0.15) is 4.31 Å². The molecule has 20 heavy (non-hydrogen) atoms. The lowest BCUT2D eigenvalue weighted by molar-refractivity contribution is 0.199. The van der Waals surface area contributed by atoms with Gasteiger partial charge in [0.25, 0.3) is 0 Å². The summed E-state index contributed by atoms with van der Waals surface area (Å²) in [7, 11) is -3.53. The number of hydrogen-bond donors (Lipinski definition) is 1. The second-order valence-electron chi connectivity index (χ2n) is 5.81. The van der Waals surface area contributed by atoms with Crippen LogP contribution in [0.2, 0.25) is 0 Å². The smallest absolute Gasteiger partial charge is 0.243 e. The van der Waals surface area contributed by atoms with Gasteiger partial charge in [-0.05, 0) is 44.4 Å². The highest BCUT2D eigenvalue weighted by atomic mass is 32.2. The standard InChI is InChI=1S/C15H25NO3S/c1-11(2)10-16(12(3)4)20(18,19)15-8-6-7-14(9-15)13(5)17/h6-9,11-13,17H,10H2,1-5H3. The van der Waals surface area contributed by atoms with E-state index in [-0.39, 0.29) is 16.9 Å². The van der Waals surface area contributed by atoms with Crippen molar-refractivity contribution in [1.29, 1.82) is 0 Å². The molecule has 0 aliphatic carbocycles. The lowest BCUT2D eigenvalue weighted by Crippen LogP contribution is -2.39. The van der Waals surface area contributed by atoms with E-state index in [1.165, 1.54) is 4.31 Å². The summed E-state index contributed by atoms with van der Waals surface area (Å²) in [5.74, 6) is 0.257. The second-order valence-corrected chi connectivity index (χ2v) is 7.70. The van der Waals surface area contributed by atoms with Gasteiger partial charge in [0.1, 0.15) is 0 Å². The molecule has 114 valence electrons. The molecule has 0 aliphatic heterocycles. The van der Waals surface area contributed by atoms with E-state index in [1.54, 1.807) is 31.2 Å². The maximum atomic E-state index is 12.7. The molecule has 0 fully saturated rings. The monoisotopic (exact) mass is 299 g/mol. The molecule has 0 saturated heterocycles. The molecule has 0 amide bonds. The van der Waals surface area contributed by atoms with Crippen molar-refractivity contribution >= 4 is 10.0 Å². The molecule has 1 N–H and O–H groups in total. The molecule has 1 rings (SSSR count). The zero-order chi connectivity index (χ0) is 15.5. The van der Waals surface area contributed by atoms with Crippen molar-refractivity contribution in [1.82, 2.24) is 4.31 Å². The number of sulfonamides is 1. The first-order valence-electron chi connectivity index (χ1n) is 6.96. The Labute approximate surface area is 122 Å². The van der Waals surface area contributed by atoms with Crippen molar-refractivity contribution in [3.63, 3.8) is 0 Å². The zero-order valence-electron chi connectivity index (χ0n) is 12.9. The van der Waals surface area contributed by atoms with E-state index < -0.39 is 16.1 Å². The molecule has 0 heterocycles. The Kier molecular flexibility index (Phi) is 5.74. The van der Waals surface area contributed by atoms with Crippen LogP contribution < -0.4 is 0 Å². The van der Waals surface area contributed by atoms with Gasteiger partial charge in [-0.1, -0.05) is 26.0 Å².